The Morgan fingerprint density at radius 2 is 1.86 bits per heavy atom. The number of guanidine groups is 1. The van der Waals surface area contributed by atoms with Crippen LogP contribution >= 0.6 is 0 Å². The van der Waals surface area contributed by atoms with Crippen molar-refractivity contribution in [1.82, 2.24) is 10.6 Å². The topological polar surface area (TPSA) is 54.9 Å². The normalized spacial score (nSPS) is 19.7. The van der Waals surface area contributed by atoms with Gasteiger partial charge in [-0.1, -0.05) is 6.07 Å². The summed E-state index contributed by atoms with van der Waals surface area (Å²) in [5.74, 6) is 0.792. The van der Waals surface area contributed by atoms with Gasteiger partial charge in [0, 0.05) is 30.1 Å². The van der Waals surface area contributed by atoms with E-state index < -0.39 is 11.6 Å². The number of hydrogen-bond acceptors (Lipinski definition) is 3. The third-order valence-corrected chi connectivity index (χ3v) is 4.96. The minimum Gasteiger partial charge on any atom is -0.497 e. The molecule has 3 rings (SSSR count). The second-order valence-electron chi connectivity index (χ2n) is 6.77. The zero-order valence-electron chi connectivity index (χ0n) is 16.4. The van der Waals surface area contributed by atoms with Gasteiger partial charge in [0.1, 0.15) is 23.1 Å². The molecule has 0 heterocycles. The van der Waals surface area contributed by atoms with Gasteiger partial charge in [-0.3, -0.25) is 4.99 Å². The molecule has 7 heteroatoms. The number of hydrogen-bond donors (Lipinski definition) is 2. The Hall–Kier alpha value is -2.83. The van der Waals surface area contributed by atoms with Gasteiger partial charge in [-0.05, 0) is 43.7 Å². The van der Waals surface area contributed by atoms with Crippen molar-refractivity contribution in [3.63, 3.8) is 0 Å². The van der Waals surface area contributed by atoms with Crippen molar-refractivity contribution in [2.24, 2.45) is 4.99 Å². The van der Waals surface area contributed by atoms with Gasteiger partial charge in [-0.2, -0.15) is 0 Å². The van der Waals surface area contributed by atoms with E-state index in [0.717, 1.165) is 17.1 Å². The van der Waals surface area contributed by atoms with Crippen molar-refractivity contribution in [3.8, 4) is 11.5 Å². The molecule has 0 radical (unpaired) electrons. The van der Waals surface area contributed by atoms with Crippen molar-refractivity contribution in [2.45, 2.75) is 31.3 Å². The summed E-state index contributed by atoms with van der Waals surface area (Å²) in [5.41, 5.74) is 1.05. The Bertz CT molecular complexity index is 852. The fourth-order valence-electron chi connectivity index (χ4n) is 3.35. The van der Waals surface area contributed by atoms with E-state index in [0.29, 0.717) is 12.4 Å². The second-order valence-corrected chi connectivity index (χ2v) is 6.77. The zero-order valence-corrected chi connectivity index (χ0v) is 16.4. The van der Waals surface area contributed by atoms with Crippen LogP contribution in [0.2, 0.25) is 0 Å². The van der Waals surface area contributed by atoms with E-state index in [1.807, 2.05) is 25.1 Å². The molecule has 1 saturated carbocycles. The number of aliphatic imine (C=N–C) groups is 1. The number of methoxy groups -OCH3 is 2. The number of rotatable bonds is 6. The van der Waals surface area contributed by atoms with E-state index >= 15 is 0 Å². The molecule has 1 fully saturated rings. The minimum absolute atomic E-state index is 0.0722. The first-order valence-electron chi connectivity index (χ1n) is 9.14. The van der Waals surface area contributed by atoms with Crippen LogP contribution in [0, 0.1) is 11.6 Å². The number of halogens is 2. The fourth-order valence-corrected chi connectivity index (χ4v) is 3.35. The molecule has 150 valence electrons. The first-order chi connectivity index (χ1) is 13.5. The predicted octanol–water partition coefficient (Wildman–Crippen LogP) is 3.76. The van der Waals surface area contributed by atoms with E-state index in [4.69, 9.17) is 9.47 Å². The maximum absolute atomic E-state index is 14.0. The van der Waals surface area contributed by atoms with Gasteiger partial charge in [0.05, 0.1) is 20.3 Å². The Morgan fingerprint density at radius 3 is 2.46 bits per heavy atom. The van der Waals surface area contributed by atoms with Gasteiger partial charge in [-0.25, -0.2) is 8.78 Å². The average Bonchev–Trinajstić information content (AvgIpc) is 3.45. The van der Waals surface area contributed by atoms with Crippen LogP contribution in [0.4, 0.5) is 8.78 Å². The Morgan fingerprint density at radius 1 is 1.14 bits per heavy atom. The molecule has 0 saturated heterocycles. The summed E-state index contributed by atoms with van der Waals surface area (Å²) in [5, 5.41) is 6.54. The second kappa shape index (κ2) is 8.46. The first kappa shape index (κ1) is 19.9. The number of benzene rings is 2. The van der Waals surface area contributed by atoms with Crippen molar-refractivity contribution >= 4 is 5.96 Å². The fraction of sp³-hybridized carbons (Fsp3) is 0.381. The summed E-state index contributed by atoms with van der Waals surface area (Å²) in [4.78, 5) is 4.24. The molecule has 0 aromatic heterocycles. The lowest BCUT2D eigenvalue weighted by atomic mass is 10.1. The Labute approximate surface area is 163 Å². The molecule has 5 nitrogen and oxygen atoms in total. The molecule has 28 heavy (non-hydrogen) atoms. The van der Waals surface area contributed by atoms with Crippen LogP contribution in [-0.4, -0.2) is 33.3 Å². The lowest BCUT2D eigenvalue weighted by Crippen LogP contribution is -2.40. The standard InChI is InChI=1S/C21H25F2N3O2/c1-12(14-10-13(27-3)8-9-19(14)28-4)25-21(24-2)26-18-11-15(18)20-16(22)6-5-7-17(20)23/h5-10,12,15,18H,11H2,1-4H3,(H2,24,25,26). The molecule has 2 N–H and O–H groups in total. The molecule has 0 spiro atoms. The van der Waals surface area contributed by atoms with E-state index in [2.05, 4.69) is 15.6 Å². The number of nitrogens with one attached hydrogen (secondary N) is 2. The first-order valence-corrected chi connectivity index (χ1v) is 9.14. The molecule has 3 atom stereocenters. The molecule has 3 unspecified atom stereocenters. The highest BCUT2D eigenvalue weighted by Gasteiger charge is 2.42. The summed E-state index contributed by atoms with van der Waals surface area (Å²) in [6, 6.07) is 9.34. The van der Waals surface area contributed by atoms with Crippen LogP contribution in [-0.2, 0) is 0 Å². The quantitative estimate of drug-likeness (QED) is 0.583. The highest BCUT2D eigenvalue weighted by atomic mass is 19.1. The molecule has 1 aliphatic carbocycles. The van der Waals surface area contributed by atoms with E-state index in [9.17, 15) is 8.78 Å². The zero-order chi connectivity index (χ0) is 20.3. The van der Waals surface area contributed by atoms with E-state index in [1.54, 1.807) is 21.3 Å². The van der Waals surface area contributed by atoms with Crippen molar-refractivity contribution in [3.05, 3.63) is 59.2 Å². The van der Waals surface area contributed by atoms with Crippen LogP contribution in [0.1, 0.15) is 36.4 Å². The third-order valence-electron chi connectivity index (χ3n) is 4.96. The highest BCUT2D eigenvalue weighted by Crippen LogP contribution is 2.43. The van der Waals surface area contributed by atoms with Crippen LogP contribution < -0.4 is 20.1 Å². The van der Waals surface area contributed by atoms with E-state index in [-0.39, 0.29) is 23.6 Å². The monoisotopic (exact) mass is 389 g/mol. The summed E-state index contributed by atoms with van der Waals surface area (Å²) >= 11 is 0. The number of nitrogens with zero attached hydrogens (tertiary/aromatic N) is 1. The van der Waals surface area contributed by atoms with E-state index in [1.165, 1.54) is 18.2 Å². The summed E-state index contributed by atoms with van der Waals surface area (Å²) < 4.78 is 38.7. The highest BCUT2D eigenvalue weighted by molar-refractivity contribution is 5.81. The maximum Gasteiger partial charge on any atom is 0.191 e. The largest absolute Gasteiger partial charge is 0.497 e. The lowest BCUT2D eigenvalue weighted by molar-refractivity contribution is 0.394. The molecule has 0 aliphatic heterocycles. The SMILES string of the molecule is CN=C(NC(C)c1cc(OC)ccc1OC)NC1CC1c1c(F)cccc1F. The predicted molar refractivity (Wildman–Crippen MR) is 105 cm³/mol. The van der Waals surface area contributed by atoms with Crippen LogP contribution in [0.5, 0.6) is 11.5 Å². The Balaban J connectivity index is 1.68. The smallest absolute Gasteiger partial charge is 0.191 e. The molecule has 2 aromatic carbocycles. The molecule has 0 bridgehead atoms. The summed E-state index contributed by atoms with van der Waals surface area (Å²) in [7, 11) is 4.88. The molecular weight excluding hydrogens is 364 g/mol. The maximum atomic E-state index is 14.0. The lowest BCUT2D eigenvalue weighted by Gasteiger charge is -2.21. The van der Waals surface area contributed by atoms with Gasteiger partial charge in [0.25, 0.3) is 0 Å². The average molecular weight is 389 g/mol. The summed E-state index contributed by atoms with van der Waals surface area (Å²) in [6.45, 7) is 1.98. The number of ether oxygens (including phenoxy) is 2. The van der Waals surface area contributed by atoms with Gasteiger partial charge in [0.15, 0.2) is 5.96 Å². The molecule has 2 aromatic rings. The Kier molecular flexibility index (Phi) is 6.02. The van der Waals surface area contributed by atoms with Crippen molar-refractivity contribution < 1.29 is 18.3 Å². The molecule has 0 amide bonds. The van der Waals surface area contributed by atoms with Crippen molar-refractivity contribution in [1.29, 1.82) is 0 Å². The van der Waals surface area contributed by atoms with Gasteiger partial charge in [0.2, 0.25) is 0 Å². The van der Waals surface area contributed by atoms with Gasteiger partial charge >= 0.3 is 0 Å². The third kappa shape index (κ3) is 4.18. The minimum atomic E-state index is -0.508. The van der Waals surface area contributed by atoms with Gasteiger partial charge in [-0.15, -0.1) is 0 Å². The summed E-state index contributed by atoms with van der Waals surface area (Å²) in [6.07, 6.45) is 0.648. The molecule has 1 aliphatic rings. The van der Waals surface area contributed by atoms with Crippen LogP contribution in [0.25, 0.3) is 0 Å². The van der Waals surface area contributed by atoms with Crippen molar-refractivity contribution in [2.75, 3.05) is 21.3 Å². The van der Waals surface area contributed by atoms with Crippen LogP contribution in [0.3, 0.4) is 0 Å². The van der Waals surface area contributed by atoms with Gasteiger partial charge < -0.3 is 20.1 Å². The molecular formula is C21H25F2N3O2. The van der Waals surface area contributed by atoms with Crippen LogP contribution in [0.15, 0.2) is 41.4 Å².